The third-order valence-electron chi connectivity index (χ3n) is 2.11. The number of nitrogens with zero attached hydrogens (tertiary/aromatic N) is 1. The minimum Gasteiger partial charge on any atom is -0.472 e. The number of halogens is 1. The van der Waals surface area contributed by atoms with Crippen molar-refractivity contribution in [3.63, 3.8) is 0 Å². The summed E-state index contributed by atoms with van der Waals surface area (Å²) in [5, 5.41) is 0.360. The van der Waals surface area contributed by atoms with Crippen LogP contribution in [0.1, 0.15) is 5.56 Å². The van der Waals surface area contributed by atoms with Gasteiger partial charge in [0.05, 0.1) is 5.69 Å². The maximum atomic E-state index is 5.95. The molecule has 0 aliphatic rings. The first-order chi connectivity index (χ1) is 7.77. The molecule has 0 bridgehead atoms. The van der Waals surface area contributed by atoms with Crippen molar-refractivity contribution in [1.82, 2.24) is 4.98 Å². The lowest BCUT2D eigenvalue weighted by Gasteiger charge is -2.07. The van der Waals surface area contributed by atoms with Crippen molar-refractivity contribution in [2.45, 2.75) is 6.61 Å². The SMILES string of the molecule is Nc1ccnc(OCc2ccccc2)c1Cl. The van der Waals surface area contributed by atoms with E-state index in [1.165, 1.54) is 0 Å². The van der Waals surface area contributed by atoms with Crippen LogP contribution in [0.15, 0.2) is 42.6 Å². The lowest BCUT2D eigenvalue weighted by Crippen LogP contribution is -1.99. The van der Waals surface area contributed by atoms with Crippen LogP contribution >= 0.6 is 11.6 Å². The smallest absolute Gasteiger partial charge is 0.235 e. The number of nitrogen functional groups attached to an aromatic ring is 1. The molecule has 0 aliphatic heterocycles. The molecule has 0 unspecified atom stereocenters. The molecule has 2 rings (SSSR count). The summed E-state index contributed by atoms with van der Waals surface area (Å²) >= 11 is 5.95. The molecule has 4 heteroatoms. The van der Waals surface area contributed by atoms with Crippen molar-refractivity contribution in [1.29, 1.82) is 0 Å². The minimum absolute atomic E-state index is 0.360. The van der Waals surface area contributed by atoms with E-state index in [-0.39, 0.29) is 0 Å². The Morgan fingerprint density at radius 2 is 1.94 bits per heavy atom. The number of benzene rings is 1. The van der Waals surface area contributed by atoms with Gasteiger partial charge in [-0.1, -0.05) is 41.9 Å². The van der Waals surface area contributed by atoms with Crippen molar-refractivity contribution >= 4 is 17.3 Å². The Hall–Kier alpha value is -1.74. The monoisotopic (exact) mass is 234 g/mol. The fraction of sp³-hybridized carbons (Fsp3) is 0.0833. The third kappa shape index (κ3) is 2.44. The second-order valence-corrected chi connectivity index (χ2v) is 3.67. The summed E-state index contributed by atoms with van der Waals surface area (Å²) in [6.45, 7) is 0.428. The summed E-state index contributed by atoms with van der Waals surface area (Å²) < 4.78 is 5.48. The highest BCUT2D eigenvalue weighted by Crippen LogP contribution is 2.27. The van der Waals surface area contributed by atoms with Gasteiger partial charge in [0.25, 0.3) is 0 Å². The summed E-state index contributed by atoms with van der Waals surface area (Å²) in [7, 11) is 0. The van der Waals surface area contributed by atoms with Gasteiger partial charge >= 0.3 is 0 Å². The molecule has 16 heavy (non-hydrogen) atoms. The number of ether oxygens (including phenoxy) is 1. The van der Waals surface area contributed by atoms with Crippen LogP contribution < -0.4 is 10.5 Å². The van der Waals surface area contributed by atoms with E-state index in [9.17, 15) is 0 Å². The van der Waals surface area contributed by atoms with Crippen LogP contribution in [0.4, 0.5) is 5.69 Å². The molecule has 1 aromatic carbocycles. The van der Waals surface area contributed by atoms with Crippen LogP contribution in [0.3, 0.4) is 0 Å². The maximum absolute atomic E-state index is 5.95. The van der Waals surface area contributed by atoms with E-state index in [2.05, 4.69) is 4.98 Å². The van der Waals surface area contributed by atoms with Crippen molar-refractivity contribution in [2.75, 3.05) is 5.73 Å². The highest BCUT2D eigenvalue weighted by atomic mass is 35.5. The Kier molecular flexibility index (Phi) is 3.27. The molecule has 2 aromatic rings. The second kappa shape index (κ2) is 4.86. The highest BCUT2D eigenvalue weighted by molar-refractivity contribution is 6.34. The number of hydrogen-bond acceptors (Lipinski definition) is 3. The number of hydrogen-bond donors (Lipinski definition) is 1. The number of pyridine rings is 1. The van der Waals surface area contributed by atoms with Gasteiger partial charge in [-0.15, -0.1) is 0 Å². The Morgan fingerprint density at radius 3 is 2.69 bits per heavy atom. The first-order valence-corrected chi connectivity index (χ1v) is 5.22. The number of anilines is 1. The van der Waals surface area contributed by atoms with Gasteiger partial charge in [-0.25, -0.2) is 4.98 Å². The molecule has 0 atom stereocenters. The topological polar surface area (TPSA) is 48.1 Å². The van der Waals surface area contributed by atoms with Gasteiger partial charge in [-0.05, 0) is 11.6 Å². The van der Waals surface area contributed by atoms with Crippen LogP contribution in [0, 0.1) is 0 Å². The zero-order valence-electron chi connectivity index (χ0n) is 8.56. The van der Waals surface area contributed by atoms with Gasteiger partial charge in [-0.2, -0.15) is 0 Å². The van der Waals surface area contributed by atoms with E-state index < -0.39 is 0 Å². The molecule has 2 N–H and O–H groups in total. The Morgan fingerprint density at radius 1 is 1.19 bits per heavy atom. The average molecular weight is 235 g/mol. The standard InChI is InChI=1S/C12H11ClN2O/c13-11-10(14)6-7-15-12(11)16-8-9-4-2-1-3-5-9/h1-7H,8H2,(H2,14,15). The van der Waals surface area contributed by atoms with Gasteiger partial charge in [0.15, 0.2) is 0 Å². The lowest BCUT2D eigenvalue weighted by atomic mass is 10.2. The molecule has 0 aliphatic carbocycles. The molecule has 0 saturated carbocycles. The van der Waals surface area contributed by atoms with E-state index in [0.29, 0.717) is 23.2 Å². The molecular formula is C12H11ClN2O. The van der Waals surface area contributed by atoms with E-state index in [1.807, 2.05) is 30.3 Å². The van der Waals surface area contributed by atoms with Crippen LogP contribution in [-0.4, -0.2) is 4.98 Å². The fourth-order valence-corrected chi connectivity index (χ4v) is 1.43. The Balaban J connectivity index is 2.08. The summed E-state index contributed by atoms with van der Waals surface area (Å²) in [6.07, 6.45) is 1.57. The summed E-state index contributed by atoms with van der Waals surface area (Å²) in [4.78, 5) is 4.02. The fourth-order valence-electron chi connectivity index (χ4n) is 1.27. The molecule has 0 amide bonds. The van der Waals surface area contributed by atoms with E-state index in [4.69, 9.17) is 22.1 Å². The first kappa shape index (κ1) is 10.8. The molecule has 1 aromatic heterocycles. The second-order valence-electron chi connectivity index (χ2n) is 3.29. The van der Waals surface area contributed by atoms with Crippen molar-refractivity contribution < 1.29 is 4.74 Å². The molecule has 1 heterocycles. The predicted octanol–water partition coefficient (Wildman–Crippen LogP) is 2.90. The third-order valence-corrected chi connectivity index (χ3v) is 2.49. The van der Waals surface area contributed by atoms with Gasteiger partial charge in [0.2, 0.25) is 5.88 Å². The Bertz CT molecular complexity index is 474. The molecular weight excluding hydrogens is 224 g/mol. The Labute approximate surface area is 98.8 Å². The van der Waals surface area contributed by atoms with Crippen molar-refractivity contribution in [3.05, 3.63) is 53.2 Å². The van der Waals surface area contributed by atoms with Crippen molar-refractivity contribution in [3.8, 4) is 5.88 Å². The number of rotatable bonds is 3. The molecule has 0 radical (unpaired) electrons. The lowest BCUT2D eigenvalue weighted by molar-refractivity contribution is 0.294. The zero-order valence-corrected chi connectivity index (χ0v) is 9.32. The van der Waals surface area contributed by atoms with E-state index >= 15 is 0 Å². The van der Waals surface area contributed by atoms with Gasteiger partial charge < -0.3 is 10.5 Å². The highest BCUT2D eigenvalue weighted by Gasteiger charge is 2.06. The summed E-state index contributed by atoms with van der Waals surface area (Å²) in [6, 6.07) is 11.4. The van der Waals surface area contributed by atoms with Crippen LogP contribution in [0.25, 0.3) is 0 Å². The molecule has 0 saturated heterocycles. The molecule has 0 fully saturated rings. The zero-order chi connectivity index (χ0) is 11.4. The van der Waals surface area contributed by atoms with Gasteiger partial charge in [-0.3, -0.25) is 0 Å². The minimum atomic E-state index is 0.360. The number of aromatic nitrogens is 1. The predicted molar refractivity (Wildman–Crippen MR) is 64.4 cm³/mol. The molecule has 0 spiro atoms. The maximum Gasteiger partial charge on any atom is 0.235 e. The van der Waals surface area contributed by atoms with Crippen molar-refractivity contribution in [2.24, 2.45) is 0 Å². The van der Waals surface area contributed by atoms with Gasteiger partial charge in [0.1, 0.15) is 11.6 Å². The normalized spacial score (nSPS) is 10.1. The summed E-state index contributed by atoms with van der Waals surface area (Å²) in [5.74, 6) is 0.366. The average Bonchev–Trinajstić information content (AvgIpc) is 2.32. The van der Waals surface area contributed by atoms with Crippen LogP contribution in [0.5, 0.6) is 5.88 Å². The first-order valence-electron chi connectivity index (χ1n) is 4.84. The molecule has 82 valence electrons. The summed E-state index contributed by atoms with van der Waals surface area (Å²) in [5.41, 5.74) is 7.17. The van der Waals surface area contributed by atoms with Crippen LogP contribution in [0.2, 0.25) is 5.02 Å². The quantitative estimate of drug-likeness (QED) is 0.888. The number of nitrogens with two attached hydrogens (primary N) is 1. The van der Waals surface area contributed by atoms with Crippen LogP contribution in [-0.2, 0) is 6.61 Å². The molecule has 3 nitrogen and oxygen atoms in total. The van der Waals surface area contributed by atoms with E-state index in [1.54, 1.807) is 12.3 Å². The largest absolute Gasteiger partial charge is 0.472 e. The van der Waals surface area contributed by atoms with Gasteiger partial charge in [0, 0.05) is 6.20 Å². The van der Waals surface area contributed by atoms with E-state index in [0.717, 1.165) is 5.56 Å².